The van der Waals surface area contributed by atoms with E-state index in [0.717, 1.165) is 6.42 Å². The van der Waals surface area contributed by atoms with Crippen molar-refractivity contribution >= 4 is 5.91 Å². The smallest absolute Gasteiger partial charge is 0.224 e. The average molecular weight is 184 g/mol. The molecule has 1 amide bonds. The van der Waals surface area contributed by atoms with Gasteiger partial charge in [0, 0.05) is 13.1 Å². The van der Waals surface area contributed by atoms with E-state index in [2.05, 4.69) is 11.9 Å². The molecule has 0 aliphatic carbocycles. The summed E-state index contributed by atoms with van der Waals surface area (Å²) in [6.07, 6.45) is 2.59. The summed E-state index contributed by atoms with van der Waals surface area (Å²) in [5.41, 5.74) is 5.50. The molecule has 0 radical (unpaired) electrons. The summed E-state index contributed by atoms with van der Waals surface area (Å²) in [7, 11) is 0. The minimum absolute atomic E-state index is 0.0550. The van der Waals surface area contributed by atoms with Crippen LogP contribution in [0.25, 0.3) is 0 Å². The van der Waals surface area contributed by atoms with E-state index in [4.69, 9.17) is 5.73 Å². The van der Waals surface area contributed by atoms with E-state index in [1.165, 1.54) is 0 Å². The molecule has 0 heterocycles. The van der Waals surface area contributed by atoms with Gasteiger partial charge in [0.25, 0.3) is 0 Å². The quantitative estimate of drug-likeness (QED) is 0.476. The molecule has 3 N–H and O–H groups in total. The van der Waals surface area contributed by atoms with Crippen LogP contribution in [0.3, 0.4) is 0 Å². The Morgan fingerprint density at radius 2 is 2.23 bits per heavy atom. The van der Waals surface area contributed by atoms with Crippen LogP contribution in [0.1, 0.15) is 20.3 Å². The highest BCUT2D eigenvalue weighted by Gasteiger charge is 2.19. The predicted molar refractivity (Wildman–Crippen MR) is 55.2 cm³/mol. The van der Waals surface area contributed by atoms with E-state index < -0.39 is 0 Å². The Morgan fingerprint density at radius 1 is 1.62 bits per heavy atom. The van der Waals surface area contributed by atoms with Crippen LogP contribution in [0.15, 0.2) is 12.7 Å². The third-order valence-electron chi connectivity index (χ3n) is 2.04. The number of nitrogens with two attached hydrogens (primary N) is 1. The van der Waals surface area contributed by atoms with Crippen molar-refractivity contribution in [2.75, 3.05) is 13.1 Å². The molecule has 0 spiro atoms. The molecule has 1 atom stereocenters. The summed E-state index contributed by atoms with van der Waals surface area (Å²) in [4.78, 5) is 11.5. The van der Waals surface area contributed by atoms with E-state index in [9.17, 15) is 4.79 Å². The maximum Gasteiger partial charge on any atom is 0.224 e. The fraction of sp³-hybridized carbons (Fsp3) is 0.700. The average Bonchev–Trinajstić information content (AvgIpc) is 2.05. The Balaban J connectivity index is 3.84. The van der Waals surface area contributed by atoms with Crippen LogP contribution >= 0.6 is 0 Å². The lowest BCUT2D eigenvalue weighted by molar-refractivity contribution is -0.125. The van der Waals surface area contributed by atoms with Crippen LogP contribution in [0, 0.1) is 11.8 Å². The molecule has 0 fully saturated rings. The minimum atomic E-state index is -0.0650. The van der Waals surface area contributed by atoms with Gasteiger partial charge in [0.05, 0.1) is 5.92 Å². The van der Waals surface area contributed by atoms with Crippen molar-refractivity contribution in [2.45, 2.75) is 20.3 Å². The van der Waals surface area contributed by atoms with Crippen LogP contribution in [-0.4, -0.2) is 19.0 Å². The van der Waals surface area contributed by atoms with Gasteiger partial charge >= 0.3 is 0 Å². The third kappa shape index (κ3) is 4.68. The molecule has 1 unspecified atom stereocenters. The van der Waals surface area contributed by atoms with Gasteiger partial charge in [0.2, 0.25) is 5.91 Å². The van der Waals surface area contributed by atoms with Crippen molar-refractivity contribution in [3.8, 4) is 0 Å². The molecule has 0 saturated carbocycles. The van der Waals surface area contributed by atoms with Crippen LogP contribution in [0.5, 0.6) is 0 Å². The summed E-state index contributed by atoms with van der Waals surface area (Å²) < 4.78 is 0. The Morgan fingerprint density at radius 3 is 2.62 bits per heavy atom. The molecule has 0 saturated heterocycles. The van der Waals surface area contributed by atoms with Crippen molar-refractivity contribution in [1.29, 1.82) is 0 Å². The van der Waals surface area contributed by atoms with Gasteiger partial charge < -0.3 is 11.1 Å². The van der Waals surface area contributed by atoms with Gasteiger partial charge in [-0.25, -0.2) is 0 Å². The highest BCUT2D eigenvalue weighted by Crippen LogP contribution is 2.08. The van der Waals surface area contributed by atoms with Crippen molar-refractivity contribution in [2.24, 2.45) is 17.6 Å². The molecular weight excluding hydrogens is 164 g/mol. The number of amides is 1. The summed E-state index contributed by atoms with van der Waals surface area (Å²) in [5, 5.41) is 2.83. The standard InChI is InChI=1S/C10H20N2O/c1-4-5-6-12-10(13)9(7-11)8(2)3/h4,8-9H,1,5-7,11H2,2-3H3,(H,12,13). The molecule has 3 heteroatoms. The molecule has 13 heavy (non-hydrogen) atoms. The topological polar surface area (TPSA) is 55.1 Å². The Hall–Kier alpha value is -0.830. The minimum Gasteiger partial charge on any atom is -0.356 e. The van der Waals surface area contributed by atoms with Gasteiger partial charge in [-0.3, -0.25) is 4.79 Å². The molecule has 0 bridgehead atoms. The molecule has 0 aromatic heterocycles. The predicted octanol–water partition coefficient (Wildman–Crippen LogP) is 0.910. The summed E-state index contributed by atoms with van der Waals surface area (Å²) in [5.74, 6) is 0.290. The zero-order valence-electron chi connectivity index (χ0n) is 8.55. The van der Waals surface area contributed by atoms with Gasteiger partial charge in [-0.2, -0.15) is 0 Å². The van der Waals surface area contributed by atoms with Crippen LogP contribution < -0.4 is 11.1 Å². The van der Waals surface area contributed by atoms with Crippen LogP contribution in [-0.2, 0) is 4.79 Å². The highest BCUT2D eigenvalue weighted by molar-refractivity contribution is 5.79. The van der Waals surface area contributed by atoms with Crippen molar-refractivity contribution in [1.82, 2.24) is 5.32 Å². The molecule has 0 aliphatic rings. The maximum atomic E-state index is 11.5. The molecule has 3 nitrogen and oxygen atoms in total. The Bertz CT molecular complexity index is 166. The van der Waals surface area contributed by atoms with Crippen molar-refractivity contribution in [3.05, 3.63) is 12.7 Å². The fourth-order valence-corrected chi connectivity index (χ4v) is 1.11. The Kier molecular flexibility index (Phi) is 6.24. The normalized spacial score (nSPS) is 12.6. The first kappa shape index (κ1) is 12.2. The first-order valence-electron chi connectivity index (χ1n) is 4.72. The zero-order valence-corrected chi connectivity index (χ0v) is 8.55. The lowest BCUT2D eigenvalue weighted by Gasteiger charge is -2.17. The number of hydrogen-bond acceptors (Lipinski definition) is 2. The molecule has 0 aromatic rings. The molecule has 0 aromatic carbocycles. The number of carbonyl (C=O) groups excluding carboxylic acids is 1. The van der Waals surface area contributed by atoms with E-state index in [1.807, 2.05) is 13.8 Å². The largest absolute Gasteiger partial charge is 0.356 e. The van der Waals surface area contributed by atoms with Crippen molar-refractivity contribution < 1.29 is 4.79 Å². The van der Waals surface area contributed by atoms with Crippen LogP contribution in [0.2, 0.25) is 0 Å². The first-order chi connectivity index (χ1) is 6.13. The molecule has 0 aliphatic heterocycles. The lowest BCUT2D eigenvalue weighted by Crippen LogP contribution is -2.38. The molecule has 0 rings (SSSR count). The summed E-state index contributed by atoms with van der Waals surface area (Å²) >= 11 is 0. The summed E-state index contributed by atoms with van der Waals surface area (Å²) in [6, 6.07) is 0. The van der Waals surface area contributed by atoms with Crippen LogP contribution in [0.4, 0.5) is 0 Å². The van der Waals surface area contributed by atoms with E-state index in [1.54, 1.807) is 6.08 Å². The van der Waals surface area contributed by atoms with E-state index in [-0.39, 0.29) is 11.8 Å². The number of hydrogen-bond donors (Lipinski definition) is 2. The highest BCUT2D eigenvalue weighted by atomic mass is 16.1. The van der Waals surface area contributed by atoms with Gasteiger partial charge in [-0.1, -0.05) is 19.9 Å². The number of carbonyl (C=O) groups is 1. The molecule has 76 valence electrons. The van der Waals surface area contributed by atoms with Gasteiger partial charge in [-0.15, -0.1) is 6.58 Å². The van der Waals surface area contributed by atoms with E-state index >= 15 is 0 Å². The number of nitrogens with one attached hydrogen (secondary N) is 1. The second-order valence-corrected chi connectivity index (χ2v) is 3.45. The second kappa shape index (κ2) is 6.66. The number of rotatable bonds is 6. The Labute approximate surface area is 80.4 Å². The monoisotopic (exact) mass is 184 g/mol. The maximum absolute atomic E-state index is 11.5. The van der Waals surface area contributed by atoms with Gasteiger partial charge in [-0.05, 0) is 12.3 Å². The van der Waals surface area contributed by atoms with Gasteiger partial charge in [0.1, 0.15) is 0 Å². The van der Waals surface area contributed by atoms with Crippen molar-refractivity contribution in [3.63, 3.8) is 0 Å². The zero-order chi connectivity index (χ0) is 10.3. The summed E-state index contributed by atoms with van der Waals surface area (Å²) in [6.45, 7) is 8.66. The fourth-order valence-electron chi connectivity index (χ4n) is 1.11. The second-order valence-electron chi connectivity index (χ2n) is 3.45. The van der Waals surface area contributed by atoms with Gasteiger partial charge in [0.15, 0.2) is 0 Å². The van der Waals surface area contributed by atoms with E-state index in [0.29, 0.717) is 19.0 Å². The first-order valence-corrected chi connectivity index (χ1v) is 4.72. The SMILES string of the molecule is C=CCCNC(=O)C(CN)C(C)C. The third-order valence-corrected chi connectivity index (χ3v) is 2.04. The molecular formula is C10H20N2O. The lowest BCUT2D eigenvalue weighted by atomic mass is 9.95.